The molecule has 0 radical (unpaired) electrons. The highest BCUT2D eigenvalue weighted by molar-refractivity contribution is 5.75. The molecule has 6 nitrogen and oxygen atoms in total. The lowest BCUT2D eigenvalue weighted by molar-refractivity contribution is -0.161. The Kier molecular flexibility index (Phi) is 4.88. The second kappa shape index (κ2) is 6.18. The van der Waals surface area contributed by atoms with Gasteiger partial charge in [0.1, 0.15) is 18.1 Å². The maximum absolute atomic E-state index is 11.6. The summed E-state index contributed by atoms with van der Waals surface area (Å²) in [6, 6.07) is 0. The molecule has 0 aromatic rings. The van der Waals surface area contributed by atoms with Gasteiger partial charge in [0.2, 0.25) is 0 Å². The number of hydrogen-bond donors (Lipinski definition) is 0. The van der Waals surface area contributed by atoms with Gasteiger partial charge in [-0.15, -0.1) is 0 Å². The lowest BCUT2D eigenvalue weighted by Crippen LogP contribution is -2.38. The number of esters is 3. The summed E-state index contributed by atoms with van der Waals surface area (Å²) in [5.74, 6) is -2.07. The molecule has 0 saturated carbocycles. The van der Waals surface area contributed by atoms with E-state index in [4.69, 9.17) is 9.47 Å². The molecule has 18 heavy (non-hydrogen) atoms. The lowest BCUT2D eigenvalue weighted by Gasteiger charge is -2.28. The predicted molar refractivity (Wildman–Crippen MR) is 60.4 cm³/mol. The van der Waals surface area contributed by atoms with Crippen LogP contribution in [0.5, 0.6) is 0 Å². The van der Waals surface area contributed by atoms with Gasteiger partial charge in [-0.25, -0.2) is 0 Å². The van der Waals surface area contributed by atoms with Crippen LogP contribution < -0.4 is 0 Å². The summed E-state index contributed by atoms with van der Waals surface area (Å²) in [7, 11) is 1.26. The molecular weight excluding hydrogens is 240 g/mol. The summed E-state index contributed by atoms with van der Waals surface area (Å²) >= 11 is 0. The zero-order chi connectivity index (χ0) is 13.7. The van der Waals surface area contributed by atoms with Crippen LogP contribution in [0, 0.1) is 5.92 Å². The van der Waals surface area contributed by atoms with Crippen LogP contribution in [-0.2, 0) is 28.6 Å². The molecule has 0 fully saturated rings. The van der Waals surface area contributed by atoms with Crippen molar-refractivity contribution in [2.24, 2.45) is 5.92 Å². The molecule has 100 valence electrons. The van der Waals surface area contributed by atoms with Crippen molar-refractivity contribution in [2.45, 2.75) is 32.5 Å². The molecule has 1 aliphatic carbocycles. The molecule has 1 rings (SSSR count). The molecule has 0 aromatic heterocycles. The maximum atomic E-state index is 11.6. The minimum Gasteiger partial charge on any atom is -0.469 e. The van der Waals surface area contributed by atoms with Crippen molar-refractivity contribution in [2.75, 3.05) is 7.11 Å². The average molecular weight is 256 g/mol. The van der Waals surface area contributed by atoms with Crippen molar-refractivity contribution in [3.8, 4) is 0 Å². The van der Waals surface area contributed by atoms with Gasteiger partial charge in [-0.3, -0.25) is 14.4 Å². The number of hydrogen-bond acceptors (Lipinski definition) is 6. The zero-order valence-electron chi connectivity index (χ0n) is 10.5. The second-order valence-corrected chi connectivity index (χ2v) is 3.97. The molecular formula is C12H16O6. The quantitative estimate of drug-likeness (QED) is 0.418. The van der Waals surface area contributed by atoms with Gasteiger partial charge in [0.05, 0.1) is 7.11 Å². The molecule has 0 amide bonds. The summed E-state index contributed by atoms with van der Waals surface area (Å²) in [6.07, 6.45) is 2.20. The zero-order valence-corrected chi connectivity index (χ0v) is 10.5. The molecule has 6 heteroatoms. The molecule has 0 aliphatic heterocycles. The van der Waals surface area contributed by atoms with Crippen LogP contribution in [0.3, 0.4) is 0 Å². The Morgan fingerprint density at radius 3 is 2.17 bits per heavy atom. The standard InChI is InChI=1S/C12H16O6/c1-7(13)17-9-4-5-11(18-8(2)14)10(6-9)12(15)16-3/h4-5,9-11H,6H2,1-3H3/t9-,10+,11+/m1/s1. The third-order valence-electron chi connectivity index (χ3n) is 2.52. The summed E-state index contributed by atoms with van der Waals surface area (Å²) in [5.41, 5.74) is 0. The number of methoxy groups -OCH3 is 1. The molecule has 0 N–H and O–H groups in total. The Morgan fingerprint density at radius 1 is 1.06 bits per heavy atom. The van der Waals surface area contributed by atoms with E-state index >= 15 is 0 Å². The van der Waals surface area contributed by atoms with Gasteiger partial charge >= 0.3 is 17.9 Å². The Bertz CT molecular complexity index is 373. The first-order chi connectivity index (χ1) is 8.43. The van der Waals surface area contributed by atoms with Crippen molar-refractivity contribution in [3.05, 3.63) is 12.2 Å². The smallest absolute Gasteiger partial charge is 0.312 e. The first-order valence-electron chi connectivity index (χ1n) is 5.54. The topological polar surface area (TPSA) is 78.9 Å². The van der Waals surface area contributed by atoms with Crippen LogP contribution in [0.15, 0.2) is 12.2 Å². The van der Waals surface area contributed by atoms with Gasteiger partial charge in [-0.2, -0.15) is 0 Å². The van der Waals surface area contributed by atoms with Gasteiger partial charge < -0.3 is 14.2 Å². The highest BCUT2D eigenvalue weighted by Gasteiger charge is 2.36. The van der Waals surface area contributed by atoms with Gasteiger partial charge in [0, 0.05) is 20.3 Å². The molecule has 0 heterocycles. The third-order valence-corrected chi connectivity index (χ3v) is 2.52. The van der Waals surface area contributed by atoms with Crippen molar-refractivity contribution in [1.82, 2.24) is 0 Å². The van der Waals surface area contributed by atoms with E-state index in [9.17, 15) is 14.4 Å². The minimum atomic E-state index is -0.679. The van der Waals surface area contributed by atoms with Crippen LogP contribution in [0.1, 0.15) is 20.3 Å². The van der Waals surface area contributed by atoms with Gasteiger partial charge in [-0.1, -0.05) is 0 Å². The average Bonchev–Trinajstić information content (AvgIpc) is 2.28. The van der Waals surface area contributed by atoms with E-state index in [1.54, 1.807) is 12.2 Å². The first-order valence-corrected chi connectivity index (χ1v) is 5.54. The number of ether oxygens (including phenoxy) is 3. The summed E-state index contributed by atoms with van der Waals surface area (Å²) < 4.78 is 14.7. The third kappa shape index (κ3) is 3.87. The molecule has 1 aliphatic rings. The molecule has 0 bridgehead atoms. The largest absolute Gasteiger partial charge is 0.469 e. The highest BCUT2D eigenvalue weighted by atomic mass is 16.6. The van der Waals surface area contributed by atoms with E-state index in [-0.39, 0.29) is 6.42 Å². The fraction of sp³-hybridized carbons (Fsp3) is 0.583. The normalized spacial score (nSPS) is 26.3. The van der Waals surface area contributed by atoms with Gasteiger partial charge in [0.25, 0.3) is 0 Å². The van der Waals surface area contributed by atoms with Crippen molar-refractivity contribution < 1.29 is 28.6 Å². The van der Waals surface area contributed by atoms with E-state index < -0.39 is 36.0 Å². The molecule has 0 spiro atoms. The fourth-order valence-corrected chi connectivity index (χ4v) is 1.83. The molecule has 0 aromatic carbocycles. The van der Waals surface area contributed by atoms with Crippen LogP contribution in [0.4, 0.5) is 0 Å². The Morgan fingerprint density at radius 2 is 1.67 bits per heavy atom. The molecule has 0 unspecified atom stereocenters. The van der Waals surface area contributed by atoms with Crippen LogP contribution in [0.2, 0.25) is 0 Å². The SMILES string of the molecule is COC(=O)[C@H]1C[C@H](OC(C)=O)C=C[C@@H]1OC(C)=O. The summed E-state index contributed by atoms with van der Waals surface area (Å²) in [4.78, 5) is 33.4. The maximum Gasteiger partial charge on any atom is 0.312 e. The summed E-state index contributed by atoms with van der Waals surface area (Å²) in [6.45, 7) is 2.56. The first kappa shape index (κ1) is 14.2. The van der Waals surface area contributed by atoms with E-state index in [0.29, 0.717) is 0 Å². The molecule has 0 saturated heterocycles. The number of carbonyl (C=O) groups excluding carboxylic acids is 3. The Labute approximate surface area is 105 Å². The van der Waals surface area contributed by atoms with Crippen LogP contribution >= 0.6 is 0 Å². The Balaban J connectivity index is 2.80. The summed E-state index contributed by atoms with van der Waals surface area (Å²) in [5, 5.41) is 0. The minimum absolute atomic E-state index is 0.237. The van der Waals surface area contributed by atoms with Gasteiger partial charge in [-0.05, 0) is 12.2 Å². The highest BCUT2D eigenvalue weighted by Crippen LogP contribution is 2.25. The van der Waals surface area contributed by atoms with E-state index in [2.05, 4.69) is 4.74 Å². The van der Waals surface area contributed by atoms with Crippen molar-refractivity contribution >= 4 is 17.9 Å². The second-order valence-electron chi connectivity index (χ2n) is 3.97. The predicted octanol–water partition coefficient (Wildman–Crippen LogP) is 0.599. The van der Waals surface area contributed by atoms with E-state index in [1.165, 1.54) is 21.0 Å². The Hall–Kier alpha value is -1.85. The molecule has 3 atom stereocenters. The van der Waals surface area contributed by atoms with Crippen molar-refractivity contribution in [1.29, 1.82) is 0 Å². The number of rotatable bonds is 3. The van der Waals surface area contributed by atoms with E-state index in [0.717, 1.165) is 0 Å². The lowest BCUT2D eigenvalue weighted by atomic mass is 9.89. The van der Waals surface area contributed by atoms with Gasteiger partial charge in [0.15, 0.2) is 0 Å². The monoisotopic (exact) mass is 256 g/mol. The van der Waals surface area contributed by atoms with Crippen molar-refractivity contribution in [3.63, 3.8) is 0 Å². The number of carbonyl (C=O) groups is 3. The van der Waals surface area contributed by atoms with E-state index in [1.807, 2.05) is 0 Å². The van der Waals surface area contributed by atoms with Crippen LogP contribution in [0.25, 0.3) is 0 Å². The van der Waals surface area contributed by atoms with Crippen LogP contribution in [-0.4, -0.2) is 37.2 Å². The fourth-order valence-electron chi connectivity index (χ4n) is 1.83.